The van der Waals surface area contributed by atoms with Crippen molar-refractivity contribution in [1.29, 1.82) is 0 Å². The number of alkyl halides is 5. The Kier molecular flexibility index (Phi) is 4.39. The largest absolute Gasteiger partial charge is 0.475 e. The van der Waals surface area contributed by atoms with Gasteiger partial charge in [-0.3, -0.25) is 0 Å². The standard InChI is InChI=1S/C14H11F5O3/c1-2-21-13(20)9-6-8-5-7(12(15)16)3-4-10(8)22-11(9)14(17,18)19/h3-6,11-12H,2H2,1H3. The van der Waals surface area contributed by atoms with Crippen molar-refractivity contribution in [2.75, 3.05) is 6.61 Å². The van der Waals surface area contributed by atoms with Gasteiger partial charge in [0, 0.05) is 11.1 Å². The molecule has 1 atom stereocenters. The lowest BCUT2D eigenvalue weighted by Crippen LogP contribution is -2.40. The van der Waals surface area contributed by atoms with E-state index in [1.54, 1.807) is 0 Å². The summed E-state index contributed by atoms with van der Waals surface area (Å²) in [5.74, 6) is -1.42. The van der Waals surface area contributed by atoms with Crippen LogP contribution in [0.15, 0.2) is 23.8 Å². The summed E-state index contributed by atoms with van der Waals surface area (Å²) in [4.78, 5) is 11.7. The van der Waals surface area contributed by atoms with Gasteiger partial charge in [0.25, 0.3) is 6.43 Å². The molecular weight excluding hydrogens is 311 g/mol. The van der Waals surface area contributed by atoms with Crippen LogP contribution in [-0.4, -0.2) is 24.9 Å². The maximum Gasteiger partial charge on any atom is 0.430 e. The third-order valence-corrected chi connectivity index (χ3v) is 2.93. The Morgan fingerprint density at radius 2 is 2.05 bits per heavy atom. The average molecular weight is 322 g/mol. The Balaban J connectivity index is 2.49. The van der Waals surface area contributed by atoms with Crippen LogP contribution in [-0.2, 0) is 9.53 Å². The van der Waals surface area contributed by atoms with Gasteiger partial charge in [-0.05, 0) is 31.2 Å². The normalized spacial score (nSPS) is 17.6. The van der Waals surface area contributed by atoms with Crippen LogP contribution >= 0.6 is 0 Å². The fraction of sp³-hybridized carbons (Fsp3) is 0.357. The van der Waals surface area contributed by atoms with Gasteiger partial charge in [0.2, 0.25) is 6.10 Å². The molecule has 8 heteroatoms. The molecule has 0 bridgehead atoms. The Labute approximate surface area is 122 Å². The van der Waals surface area contributed by atoms with Gasteiger partial charge in [-0.1, -0.05) is 0 Å². The maximum absolute atomic E-state index is 13.0. The molecular formula is C14H11F5O3. The number of fused-ring (bicyclic) bond motifs is 1. The molecule has 0 fully saturated rings. The predicted octanol–water partition coefficient (Wildman–Crippen LogP) is 3.89. The highest BCUT2D eigenvalue weighted by Gasteiger charge is 2.48. The minimum Gasteiger partial charge on any atom is -0.475 e. The number of rotatable bonds is 3. The fourth-order valence-electron chi connectivity index (χ4n) is 1.98. The van der Waals surface area contributed by atoms with E-state index < -0.39 is 30.2 Å². The van der Waals surface area contributed by atoms with E-state index in [0.29, 0.717) is 0 Å². The van der Waals surface area contributed by atoms with Crippen molar-refractivity contribution in [3.8, 4) is 5.75 Å². The van der Waals surface area contributed by atoms with E-state index in [1.165, 1.54) is 6.92 Å². The first-order valence-corrected chi connectivity index (χ1v) is 6.28. The number of halogens is 5. The second-order valence-electron chi connectivity index (χ2n) is 4.46. The van der Waals surface area contributed by atoms with Crippen LogP contribution in [0, 0.1) is 0 Å². The van der Waals surface area contributed by atoms with Crippen molar-refractivity contribution < 1.29 is 36.2 Å². The first kappa shape index (κ1) is 16.3. The number of hydrogen-bond donors (Lipinski definition) is 0. The molecule has 120 valence electrons. The summed E-state index contributed by atoms with van der Waals surface area (Å²) in [5.41, 5.74) is -1.18. The predicted molar refractivity (Wildman–Crippen MR) is 66.5 cm³/mol. The third kappa shape index (κ3) is 3.20. The van der Waals surface area contributed by atoms with E-state index in [9.17, 15) is 26.7 Å². The summed E-state index contributed by atoms with van der Waals surface area (Å²) >= 11 is 0. The molecule has 0 radical (unpaired) electrons. The zero-order chi connectivity index (χ0) is 16.5. The molecule has 0 N–H and O–H groups in total. The van der Waals surface area contributed by atoms with Crippen LogP contribution in [0.5, 0.6) is 5.75 Å². The van der Waals surface area contributed by atoms with Gasteiger partial charge in [0.1, 0.15) is 5.75 Å². The van der Waals surface area contributed by atoms with E-state index in [1.807, 2.05) is 0 Å². The Morgan fingerprint density at radius 1 is 1.36 bits per heavy atom. The van der Waals surface area contributed by atoms with Crippen molar-refractivity contribution in [3.63, 3.8) is 0 Å². The SMILES string of the molecule is CCOC(=O)C1=Cc2cc(C(F)F)ccc2OC1C(F)(F)F. The van der Waals surface area contributed by atoms with E-state index in [4.69, 9.17) is 4.74 Å². The van der Waals surface area contributed by atoms with Crippen molar-refractivity contribution in [2.45, 2.75) is 25.6 Å². The molecule has 0 spiro atoms. The van der Waals surface area contributed by atoms with Crippen LogP contribution in [0.25, 0.3) is 6.08 Å². The van der Waals surface area contributed by atoms with Gasteiger partial charge in [-0.2, -0.15) is 13.2 Å². The summed E-state index contributed by atoms with van der Waals surface area (Å²) < 4.78 is 73.6. The molecule has 1 aromatic rings. The smallest absolute Gasteiger partial charge is 0.430 e. The highest BCUT2D eigenvalue weighted by molar-refractivity contribution is 5.96. The number of esters is 1. The number of carbonyl (C=O) groups is 1. The van der Waals surface area contributed by atoms with Crippen molar-refractivity contribution in [1.82, 2.24) is 0 Å². The van der Waals surface area contributed by atoms with Crippen LogP contribution in [0.3, 0.4) is 0 Å². The van der Waals surface area contributed by atoms with Crippen LogP contribution in [0.1, 0.15) is 24.5 Å². The van der Waals surface area contributed by atoms with E-state index in [2.05, 4.69) is 4.74 Å². The monoisotopic (exact) mass is 322 g/mol. The molecule has 0 aromatic heterocycles. The lowest BCUT2D eigenvalue weighted by molar-refractivity contribution is -0.187. The Morgan fingerprint density at radius 3 is 2.59 bits per heavy atom. The first-order chi connectivity index (χ1) is 10.2. The molecule has 0 saturated heterocycles. The van der Waals surface area contributed by atoms with Gasteiger partial charge >= 0.3 is 12.1 Å². The van der Waals surface area contributed by atoms with Gasteiger partial charge in [0.05, 0.1) is 12.2 Å². The number of carbonyl (C=O) groups excluding carboxylic acids is 1. The van der Waals surface area contributed by atoms with Crippen LogP contribution < -0.4 is 4.74 Å². The molecule has 0 saturated carbocycles. The zero-order valence-electron chi connectivity index (χ0n) is 11.3. The second kappa shape index (κ2) is 5.94. The van der Waals surface area contributed by atoms with Gasteiger partial charge in [-0.15, -0.1) is 0 Å². The maximum atomic E-state index is 13.0. The lowest BCUT2D eigenvalue weighted by atomic mass is 9.99. The minimum absolute atomic E-state index is 0.0265. The fourth-order valence-corrected chi connectivity index (χ4v) is 1.98. The topological polar surface area (TPSA) is 35.5 Å². The van der Waals surface area contributed by atoms with Crippen molar-refractivity contribution in [2.24, 2.45) is 0 Å². The molecule has 1 aliphatic heterocycles. The summed E-state index contributed by atoms with van der Waals surface area (Å²) in [6, 6.07) is 2.97. The molecule has 0 amide bonds. The van der Waals surface area contributed by atoms with E-state index in [-0.39, 0.29) is 23.5 Å². The summed E-state index contributed by atoms with van der Waals surface area (Å²) in [5, 5.41) is 0. The summed E-state index contributed by atoms with van der Waals surface area (Å²) in [7, 11) is 0. The van der Waals surface area contributed by atoms with Crippen LogP contribution in [0.4, 0.5) is 22.0 Å². The van der Waals surface area contributed by atoms with Crippen molar-refractivity contribution in [3.05, 3.63) is 34.9 Å². The second-order valence-corrected chi connectivity index (χ2v) is 4.46. The van der Waals surface area contributed by atoms with E-state index in [0.717, 1.165) is 24.3 Å². The van der Waals surface area contributed by atoms with Gasteiger partial charge in [0.15, 0.2) is 0 Å². The highest BCUT2D eigenvalue weighted by Crippen LogP contribution is 2.38. The highest BCUT2D eigenvalue weighted by atomic mass is 19.4. The number of hydrogen-bond acceptors (Lipinski definition) is 3. The zero-order valence-corrected chi connectivity index (χ0v) is 11.3. The van der Waals surface area contributed by atoms with E-state index >= 15 is 0 Å². The summed E-state index contributed by atoms with van der Waals surface area (Å²) in [6.45, 7) is 1.32. The summed E-state index contributed by atoms with van der Waals surface area (Å²) in [6.07, 6.45) is -9.24. The Hall–Kier alpha value is -2.12. The minimum atomic E-state index is -4.84. The Bertz CT molecular complexity index is 607. The number of benzene rings is 1. The van der Waals surface area contributed by atoms with Gasteiger partial charge < -0.3 is 9.47 Å². The molecule has 1 heterocycles. The lowest BCUT2D eigenvalue weighted by Gasteiger charge is -2.28. The first-order valence-electron chi connectivity index (χ1n) is 6.28. The quantitative estimate of drug-likeness (QED) is 0.625. The molecule has 22 heavy (non-hydrogen) atoms. The van der Waals surface area contributed by atoms with Crippen molar-refractivity contribution >= 4 is 12.0 Å². The average Bonchev–Trinajstić information content (AvgIpc) is 2.44. The molecule has 1 aliphatic rings. The third-order valence-electron chi connectivity index (χ3n) is 2.93. The van der Waals surface area contributed by atoms with Gasteiger partial charge in [-0.25, -0.2) is 13.6 Å². The molecule has 1 aromatic carbocycles. The molecule has 1 unspecified atom stereocenters. The molecule has 2 rings (SSSR count). The number of ether oxygens (including phenoxy) is 2. The molecule has 3 nitrogen and oxygen atoms in total. The van der Waals surface area contributed by atoms with Crippen LogP contribution in [0.2, 0.25) is 0 Å². The molecule has 0 aliphatic carbocycles.